The Hall–Kier alpha value is -2.72. The Kier molecular flexibility index (Phi) is 6.58. The molecule has 0 radical (unpaired) electrons. The second-order valence-corrected chi connectivity index (χ2v) is 11.2. The predicted molar refractivity (Wildman–Crippen MR) is 131 cm³/mol. The highest BCUT2D eigenvalue weighted by Crippen LogP contribution is 2.40. The standard InChI is InChI=1S/C22H16Cl2N2O5S2/c23-17-2-1-3-18(24)16(17)12-33(30,31)15-5-7-22-19(10-15)25-11-14(32-22)8-13-4-6-21(27)20(9-13)26(28)29/h1-10,25,27H,11-12H2. The van der Waals surface area contributed by atoms with Gasteiger partial charge < -0.3 is 10.4 Å². The lowest BCUT2D eigenvalue weighted by Gasteiger charge is -2.21. The SMILES string of the molecule is O=[N+]([O-])c1cc(C=C2CNc3cc(S(=O)(=O)Cc4c(Cl)cccc4Cl)ccc3S2)ccc1O. The van der Waals surface area contributed by atoms with Gasteiger partial charge in [-0.25, -0.2) is 8.42 Å². The van der Waals surface area contributed by atoms with E-state index in [2.05, 4.69) is 5.32 Å². The first kappa shape index (κ1) is 23.4. The van der Waals surface area contributed by atoms with Gasteiger partial charge in [0.05, 0.1) is 15.6 Å². The lowest BCUT2D eigenvalue weighted by atomic mass is 10.1. The second kappa shape index (κ2) is 9.26. The minimum atomic E-state index is -3.69. The summed E-state index contributed by atoms with van der Waals surface area (Å²) in [6.07, 6.45) is 1.77. The molecule has 0 saturated heterocycles. The summed E-state index contributed by atoms with van der Waals surface area (Å²) in [5.74, 6) is -0.712. The molecule has 3 aromatic carbocycles. The highest BCUT2D eigenvalue weighted by atomic mass is 35.5. The molecule has 0 aromatic heterocycles. The number of sulfone groups is 1. The predicted octanol–water partition coefficient (Wildman–Crippen LogP) is 6.14. The van der Waals surface area contributed by atoms with Gasteiger partial charge in [-0.1, -0.05) is 47.1 Å². The van der Waals surface area contributed by atoms with Crippen molar-refractivity contribution in [2.24, 2.45) is 0 Å². The number of aromatic hydroxyl groups is 1. The number of thioether (sulfide) groups is 1. The third-order valence-corrected chi connectivity index (χ3v) is 8.37. The van der Waals surface area contributed by atoms with Crippen LogP contribution in [0.3, 0.4) is 0 Å². The summed E-state index contributed by atoms with van der Waals surface area (Å²) >= 11 is 13.7. The second-order valence-electron chi connectivity index (χ2n) is 7.19. The maximum Gasteiger partial charge on any atom is 0.311 e. The molecule has 0 saturated carbocycles. The average molecular weight is 523 g/mol. The first-order chi connectivity index (χ1) is 15.6. The van der Waals surface area contributed by atoms with Crippen LogP contribution < -0.4 is 5.32 Å². The maximum absolute atomic E-state index is 13.0. The van der Waals surface area contributed by atoms with Gasteiger partial charge in [0.25, 0.3) is 0 Å². The molecule has 3 aromatic rings. The smallest absolute Gasteiger partial charge is 0.311 e. The summed E-state index contributed by atoms with van der Waals surface area (Å²) in [5, 5.41) is 24.4. The van der Waals surface area contributed by atoms with Gasteiger partial charge in [0.15, 0.2) is 15.6 Å². The van der Waals surface area contributed by atoms with Gasteiger partial charge in [-0.2, -0.15) is 0 Å². The molecule has 4 rings (SSSR count). The number of anilines is 1. The summed E-state index contributed by atoms with van der Waals surface area (Å²) in [6, 6.07) is 13.8. The van der Waals surface area contributed by atoms with Crippen LogP contribution in [0, 0.1) is 10.1 Å². The van der Waals surface area contributed by atoms with E-state index in [4.69, 9.17) is 23.2 Å². The number of phenolic OH excluding ortho intramolecular Hbond substituents is 1. The molecule has 11 heteroatoms. The molecular weight excluding hydrogens is 507 g/mol. The molecule has 0 amide bonds. The van der Waals surface area contributed by atoms with Crippen LogP contribution in [0.5, 0.6) is 5.75 Å². The molecule has 0 spiro atoms. The van der Waals surface area contributed by atoms with Crippen LogP contribution in [0.4, 0.5) is 11.4 Å². The molecule has 7 nitrogen and oxygen atoms in total. The van der Waals surface area contributed by atoms with Crippen LogP contribution in [0.2, 0.25) is 10.0 Å². The summed E-state index contributed by atoms with van der Waals surface area (Å²) < 4.78 is 25.9. The number of halogens is 2. The number of nitro groups is 1. The number of nitrogens with one attached hydrogen (secondary N) is 1. The van der Waals surface area contributed by atoms with Gasteiger partial charge in [0, 0.05) is 43.7 Å². The van der Waals surface area contributed by atoms with Crippen molar-refractivity contribution in [2.45, 2.75) is 15.5 Å². The van der Waals surface area contributed by atoms with Crippen molar-refractivity contribution in [3.8, 4) is 5.75 Å². The summed E-state index contributed by atoms with van der Waals surface area (Å²) in [4.78, 5) is 12.2. The molecule has 0 fully saturated rings. The van der Waals surface area contributed by atoms with Crippen molar-refractivity contribution >= 4 is 62.3 Å². The Labute approximate surface area is 204 Å². The van der Waals surface area contributed by atoms with Gasteiger partial charge in [-0.05, 0) is 48.0 Å². The molecule has 1 aliphatic rings. The van der Waals surface area contributed by atoms with Gasteiger partial charge in [-0.15, -0.1) is 0 Å². The van der Waals surface area contributed by atoms with Crippen LogP contribution in [0.1, 0.15) is 11.1 Å². The monoisotopic (exact) mass is 522 g/mol. The average Bonchev–Trinajstić information content (AvgIpc) is 2.77. The van der Waals surface area contributed by atoms with E-state index in [1.165, 1.54) is 30.0 Å². The molecular formula is C22H16Cl2N2O5S2. The number of rotatable bonds is 5. The number of nitro benzene ring substituents is 1. The molecule has 1 aliphatic heterocycles. The lowest BCUT2D eigenvalue weighted by molar-refractivity contribution is -0.385. The number of benzene rings is 3. The Bertz CT molecular complexity index is 1390. The van der Waals surface area contributed by atoms with Gasteiger partial charge >= 0.3 is 5.69 Å². The van der Waals surface area contributed by atoms with Gasteiger partial charge in [0.1, 0.15) is 0 Å². The molecule has 0 aliphatic carbocycles. The number of nitrogens with zero attached hydrogens (tertiary/aromatic N) is 1. The van der Waals surface area contributed by atoms with E-state index in [1.807, 2.05) is 0 Å². The summed E-state index contributed by atoms with van der Waals surface area (Å²) in [7, 11) is -3.69. The Balaban J connectivity index is 1.57. The third kappa shape index (κ3) is 5.11. The van der Waals surface area contributed by atoms with Crippen molar-refractivity contribution in [3.05, 3.63) is 90.8 Å². The van der Waals surface area contributed by atoms with E-state index in [0.29, 0.717) is 33.4 Å². The summed E-state index contributed by atoms with van der Waals surface area (Å²) in [5.41, 5.74) is 1.23. The molecule has 33 heavy (non-hydrogen) atoms. The Morgan fingerprint density at radius 1 is 1.12 bits per heavy atom. The van der Waals surface area contributed by atoms with E-state index in [1.54, 1.807) is 42.5 Å². The zero-order valence-electron chi connectivity index (χ0n) is 16.8. The van der Waals surface area contributed by atoms with Gasteiger partial charge in [-0.3, -0.25) is 10.1 Å². The maximum atomic E-state index is 13.0. The van der Waals surface area contributed by atoms with Crippen LogP contribution in [0.15, 0.2) is 69.3 Å². The number of phenols is 1. The highest BCUT2D eigenvalue weighted by molar-refractivity contribution is 8.03. The van der Waals surface area contributed by atoms with Crippen LogP contribution in [-0.4, -0.2) is 25.0 Å². The fourth-order valence-electron chi connectivity index (χ4n) is 3.28. The van der Waals surface area contributed by atoms with E-state index in [9.17, 15) is 23.6 Å². The molecule has 2 N–H and O–H groups in total. The molecule has 1 heterocycles. The van der Waals surface area contributed by atoms with E-state index in [0.717, 1.165) is 9.80 Å². The molecule has 0 atom stereocenters. The number of fused-ring (bicyclic) bond motifs is 1. The van der Waals surface area contributed by atoms with Crippen LogP contribution >= 0.6 is 35.0 Å². The van der Waals surface area contributed by atoms with E-state index in [-0.39, 0.29) is 16.3 Å². The first-order valence-corrected chi connectivity index (χ1v) is 12.8. The van der Waals surface area contributed by atoms with Crippen molar-refractivity contribution in [1.82, 2.24) is 0 Å². The zero-order chi connectivity index (χ0) is 23.8. The fourth-order valence-corrected chi connectivity index (χ4v) is 6.39. The number of hydrogen-bond acceptors (Lipinski definition) is 7. The van der Waals surface area contributed by atoms with E-state index < -0.39 is 20.5 Å². The van der Waals surface area contributed by atoms with Gasteiger partial charge in [0.2, 0.25) is 0 Å². The minimum Gasteiger partial charge on any atom is -0.502 e. The lowest BCUT2D eigenvalue weighted by Crippen LogP contribution is -2.11. The first-order valence-electron chi connectivity index (χ1n) is 9.53. The van der Waals surface area contributed by atoms with Crippen LogP contribution in [0.25, 0.3) is 6.08 Å². The normalized spacial score (nSPS) is 14.5. The van der Waals surface area contributed by atoms with Crippen molar-refractivity contribution in [2.75, 3.05) is 11.9 Å². The fraction of sp³-hybridized carbons (Fsp3) is 0.0909. The highest BCUT2D eigenvalue weighted by Gasteiger charge is 2.22. The van der Waals surface area contributed by atoms with Crippen molar-refractivity contribution < 1.29 is 18.4 Å². The summed E-state index contributed by atoms with van der Waals surface area (Å²) in [6.45, 7) is 0.409. The zero-order valence-corrected chi connectivity index (χ0v) is 19.9. The Morgan fingerprint density at radius 2 is 1.85 bits per heavy atom. The minimum absolute atomic E-state index is 0.145. The van der Waals surface area contributed by atoms with Crippen LogP contribution in [-0.2, 0) is 15.6 Å². The largest absolute Gasteiger partial charge is 0.502 e. The van der Waals surface area contributed by atoms with E-state index >= 15 is 0 Å². The Morgan fingerprint density at radius 3 is 2.55 bits per heavy atom. The molecule has 0 bridgehead atoms. The molecule has 0 unspecified atom stereocenters. The third-order valence-electron chi connectivity index (χ3n) is 4.92. The number of hydrogen-bond donors (Lipinski definition) is 2. The van der Waals surface area contributed by atoms with Crippen molar-refractivity contribution in [1.29, 1.82) is 0 Å². The quantitative estimate of drug-likeness (QED) is 0.305. The van der Waals surface area contributed by atoms with Crippen molar-refractivity contribution in [3.63, 3.8) is 0 Å². The topological polar surface area (TPSA) is 110 Å². The molecule has 170 valence electrons.